The van der Waals surface area contributed by atoms with Crippen molar-refractivity contribution in [2.24, 2.45) is 0 Å². The Kier molecular flexibility index (Phi) is 6.86. The quantitative estimate of drug-likeness (QED) is 0.410. The molecule has 21 heavy (non-hydrogen) atoms. The van der Waals surface area contributed by atoms with Gasteiger partial charge in [-0.05, 0) is 18.4 Å². The smallest absolute Gasteiger partial charge is 0.303 e. The predicted molar refractivity (Wildman–Crippen MR) is 75.9 cm³/mol. The maximum atomic E-state index is 11.6. The first-order valence-electron chi connectivity index (χ1n) is 6.71. The highest BCUT2D eigenvalue weighted by Crippen LogP contribution is 2.12. The minimum atomic E-state index is -0.808. The number of hydrogen-bond donors (Lipinski definition) is 2. The molecule has 0 saturated heterocycles. The van der Waals surface area contributed by atoms with Gasteiger partial charge in [0.25, 0.3) is 5.69 Å². The topological polar surface area (TPSA) is 110 Å². The average Bonchev–Trinajstić information content (AvgIpc) is 2.43. The molecule has 0 aliphatic rings. The van der Waals surface area contributed by atoms with Crippen LogP contribution in [0.1, 0.15) is 31.2 Å². The van der Waals surface area contributed by atoms with Gasteiger partial charge in [0.05, 0.1) is 11.3 Å². The van der Waals surface area contributed by atoms with Crippen LogP contribution < -0.4 is 5.32 Å². The number of nitrogens with zero attached hydrogens (tertiary/aromatic N) is 1. The van der Waals surface area contributed by atoms with Crippen molar-refractivity contribution in [1.82, 2.24) is 5.32 Å². The van der Waals surface area contributed by atoms with E-state index in [4.69, 9.17) is 5.11 Å². The number of amides is 1. The second-order valence-electron chi connectivity index (χ2n) is 4.65. The van der Waals surface area contributed by atoms with Crippen molar-refractivity contribution in [2.45, 2.75) is 32.1 Å². The monoisotopic (exact) mass is 294 g/mol. The lowest BCUT2D eigenvalue weighted by Crippen LogP contribution is -2.26. The Hall–Kier alpha value is -2.44. The molecular formula is C14H18N2O5. The van der Waals surface area contributed by atoms with Gasteiger partial charge in [-0.3, -0.25) is 19.7 Å². The molecule has 1 rings (SSSR count). The summed E-state index contributed by atoms with van der Waals surface area (Å²) in [6, 6.07) is 5.86. The highest BCUT2D eigenvalue weighted by atomic mass is 16.6. The molecule has 0 saturated carbocycles. The number of unbranched alkanes of at least 4 members (excludes halogenated alkanes) is 2. The normalized spacial score (nSPS) is 10.1. The summed E-state index contributed by atoms with van der Waals surface area (Å²) in [5.74, 6) is -0.959. The van der Waals surface area contributed by atoms with Crippen molar-refractivity contribution in [3.63, 3.8) is 0 Å². The molecule has 114 valence electrons. The Morgan fingerprint density at radius 3 is 2.38 bits per heavy atom. The number of carboxylic acids is 1. The van der Waals surface area contributed by atoms with E-state index >= 15 is 0 Å². The van der Waals surface area contributed by atoms with Gasteiger partial charge in [-0.1, -0.05) is 18.6 Å². The lowest BCUT2D eigenvalue weighted by molar-refractivity contribution is -0.384. The third-order valence-electron chi connectivity index (χ3n) is 2.90. The predicted octanol–water partition coefficient (Wildman–Crippen LogP) is 1.90. The van der Waals surface area contributed by atoms with Crippen molar-refractivity contribution in [3.05, 3.63) is 39.9 Å². The van der Waals surface area contributed by atoms with Crippen LogP contribution in [0.5, 0.6) is 0 Å². The van der Waals surface area contributed by atoms with Crippen molar-refractivity contribution < 1.29 is 19.6 Å². The van der Waals surface area contributed by atoms with Crippen LogP contribution in [0.2, 0.25) is 0 Å². The molecule has 1 amide bonds. The zero-order chi connectivity index (χ0) is 15.7. The summed E-state index contributed by atoms with van der Waals surface area (Å²) in [6.45, 7) is 0.505. The SMILES string of the molecule is O=C(O)CCCCCNC(=O)Cc1ccc([N+](=O)[O-])cc1. The number of carboxylic acid groups (broad SMARTS) is 1. The molecule has 0 unspecified atom stereocenters. The average molecular weight is 294 g/mol. The first-order chi connectivity index (χ1) is 9.99. The Morgan fingerprint density at radius 1 is 1.14 bits per heavy atom. The van der Waals surface area contributed by atoms with E-state index in [0.717, 1.165) is 12.8 Å². The molecule has 0 bridgehead atoms. The van der Waals surface area contributed by atoms with E-state index in [0.29, 0.717) is 18.5 Å². The number of non-ortho nitro benzene ring substituents is 1. The molecule has 1 aromatic carbocycles. The van der Waals surface area contributed by atoms with Crippen LogP contribution >= 0.6 is 0 Å². The third kappa shape index (κ3) is 7.05. The first kappa shape index (κ1) is 16.6. The summed E-state index contributed by atoms with van der Waals surface area (Å²) in [5, 5.41) is 21.7. The van der Waals surface area contributed by atoms with Gasteiger partial charge in [0.2, 0.25) is 5.91 Å². The maximum absolute atomic E-state index is 11.6. The second-order valence-corrected chi connectivity index (χ2v) is 4.65. The Labute approximate surface area is 122 Å². The minimum absolute atomic E-state index is 0.00223. The van der Waals surface area contributed by atoms with Crippen molar-refractivity contribution in [2.75, 3.05) is 6.54 Å². The molecular weight excluding hydrogens is 276 g/mol. The molecule has 0 aromatic heterocycles. The van der Waals surface area contributed by atoms with Gasteiger partial charge in [-0.25, -0.2) is 0 Å². The number of benzene rings is 1. The molecule has 2 N–H and O–H groups in total. The van der Waals surface area contributed by atoms with E-state index in [1.807, 2.05) is 0 Å². The van der Waals surface area contributed by atoms with E-state index in [1.54, 1.807) is 12.1 Å². The number of rotatable bonds is 9. The van der Waals surface area contributed by atoms with Crippen LogP contribution in [0, 0.1) is 10.1 Å². The van der Waals surface area contributed by atoms with Gasteiger partial charge in [0.15, 0.2) is 0 Å². The molecule has 0 aliphatic carbocycles. The minimum Gasteiger partial charge on any atom is -0.481 e. The molecule has 0 aliphatic heterocycles. The molecule has 7 nitrogen and oxygen atoms in total. The van der Waals surface area contributed by atoms with Gasteiger partial charge in [-0.15, -0.1) is 0 Å². The van der Waals surface area contributed by atoms with Crippen LogP contribution in [0.4, 0.5) is 5.69 Å². The number of carbonyl (C=O) groups is 2. The molecule has 0 heterocycles. The largest absolute Gasteiger partial charge is 0.481 e. The van der Waals surface area contributed by atoms with E-state index < -0.39 is 10.9 Å². The lowest BCUT2D eigenvalue weighted by Gasteiger charge is -2.05. The summed E-state index contributed by atoms with van der Waals surface area (Å²) in [7, 11) is 0. The summed E-state index contributed by atoms with van der Waals surface area (Å²) in [5.41, 5.74) is 0.710. The van der Waals surface area contributed by atoms with Crippen LogP contribution in [-0.2, 0) is 16.0 Å². The first-order valence-corrected chi connectivity index (χ1v) is 6.71. The van der Waals surface area contributed by atoms with E-state index in [1.165, 1.54) is 12.1 Å². The van der Waals surface area contributed by atoms with Gasteiger partial charge >= 0.3 is 5.97 Å². The number of carbonyl (C=O) groups excluding carboxylic acids is 1. The molecule has 0 atom stereocenters. The Morgan fingerprint density at radius 2 is 1.81 bits per heavy atom. The highest BCUT2D eigenvalue weighted by Gasteiger charge is 2.07. The van der Waals surface area contributed by atoms with E-state index in [-0.39, 0.29) is 24.4 Å². The summed E-state index contributed by atoms with van der Waals surface area (Å²) in [4.78, 5) is 31.9. The van der Waals surface area contributed by atoms with Crippen molar-refractivity contribution >= 4 is 17.6 Å². The molecule has 0 fully saturated rings. The molecule has 7 heteroatoms. The fourth-order valence-corrected chi connectivity index (χ4v) is 1.79. The second kappa shape index (κ2) is 8.68. The number of nitro benzene ring substituents is 1. The number of aliphatic carboxylic acids is 1. The van der Waals surface area contributed by atoms with Crippen molar-refractivity contribution in [3.8, 4) is 0 Å². The van der Waals surface area contributed by atoms with Crippen LogP contribution in [-0.4, -0.2) is 28.5 Å². The molecule has 1 aromatic rings. The Bertz CT molecular complexity index is 499. The summed E-state index contributed by atoms with van der Waals surface area (Å²) < 4.78 is 0. The van der Waals surface area contributed by atoms with E-state index in [2.05, 4.69) is 5.32 Å². The van der Waals surface area contributed by atoms with Gasteiger partial charge < -0.3 is 10.4 Å². The number of nitrogens with one attached hydrogen (secondary N) is 1. The maximum Gasteiger partial charge on any atom is 0.303 e. The number of nitro groups is 1. The van der Waals surface area contributed by atoms with Crippen LogP contribution in [0.3, 0.4) is 0 Å². The fraction of sp³-hybridized carbons (Fsp3) is 0.429. The zero-order valence-electron chi connectivity index (χ0n) is 11.6. The lowest BCUT2D eigenvalue weighted by atomic mass is 10.1. The Balaban J connectivity index is 2.21. The van der Waals surface area contributed by atoms with Gasteiger partial charge in [0, 0.05) is 25.1 Å². The van der Waals surface area contributed by atoms with Gasteiger partial charge in [-0.2, -0.15) is 0 Å². The standard InChI is InChI=1S/C14H18N2O5/c17-13(15-9-3-1-2-4-14(18)19)10-11-5-7-12(8-6-11)16(20)21/h5-8H,1-4,9-10H2,(H,15,17)(H,18,19). The molecule has 0 spiro atoms. The van der Waals surface area contributed by atoms with Crippen LogP contribution in [0.25, 0.3) is 0 Å². The van der Waals surface area contributed by atoms with Crippen LogP contribution in [0.15, 0.2) is 24.3 Å². The summed E-state index contributed by atoms with van der Waals surface area (Å²) >= 11 is 0. The zero-order valence-corrected chi connectivity index (χ0v) is 11.6. The van der Waals surface area contributed by atoms with Gasteiger partial charge in [0.1, 0.15) is 0 Å². The highest BCUT2D eigenvalue weighted by molar-refractivity contribution is 5.78. The fourth-order valence-electron chi connectivity index (χ4n) is 1.79. The number of hydrogen-bond acceptors (Lipinski definition) is 4. The third-order valence-corrected chi connectivity index (χ3v) is 2.90. The molecule has 0 radical (unpaired) electrons. The van der Waals surface area contributed by atoms with E-state index in [9.17, 15) is 19.7 Å². The summed E-state index contributed by atoms with van der Waals surface area (Å²) in [6.07, 6.45) is 2.42. The van der Waals surface area contributed by atoms with Crippen molar-refractivity contribution in [1.29, 1.82) is 0 Å².